The lowest BCUT2D eigenvalue weighted by Crippen LogP contribution is -1.98. The number of rotatable bonds is 12. The van der Waals surface area contributed by atoms with Crippen LogP contribution in [0.4, 0.5) is 0 Å². The molecule has 0 aliphatic rings. The average Bonchev–Trinajstić information content (AvgIpc) is 0.834. The highest BCUT2D eigenvalue weighted by Crippen LogP contribution is 2.43. The van der Waals surface area contributed by atoms with Crippen LogP contribution in [0.1, 0.15) is 213 Å². The van der Waals surface area contributed by atoms with Crippen molar-refractivity contribution in [2.24, 2.45) is 0 Å². The third-order valence-corrected chi connectivity index (χ3v) is 21.4. The molecular weight excluding hydrogens is 1250 g/mol. The molecule has 12 rings (SSSR count). The molecule has 0 bridgehead atoms. The molecule has 0 unspecified atom stereocenters. The molecule has 104 heavy (non-hydrogen) atoms. The van der Waals surface area contributed by atoms with Gasteiger partial charge in [0.1, 0.15) is 0 Å². The van der Waals surface area contributed by atoms with E-state index in [0.717, 1.165) is 0 Å². The van der Waals surface area contributed by atoms with Gasteiger partial charge in [0.25, 0.3) is 0 Å². The van der Waals surface area contributed by atoms with E-state index in [1.54, 1.807) is 0 Å². The Labute approximate surface area is 630 Å². The van der Waals surface area contributed by atoms with Gasteiger partial charge in [0.05, 0.1) is 0 Å². The Kier molecular flexibility index (Phi) is 25.5. The van der Waals surface area contributed by atoms with Crippen molar-refractivity contribution < 1.29 is 0 Å². The van der Waals surface area contributed by atoms with E-state index < -0.39 is 0 Å². The van der Waals surface area contributed by atoms with Crippen molar-refractivity contribution in [3.63, 3.8) is 0 Å². The van der Waals surface area contributed by atoms with E-state index >= 15 is 0 Å². The van der Waals surface area contributed by atoms with Gasteiger partial charge in [-0.2, -0.15) is 0 Å². The van der Waals surface area contributed by atoms with E-state index in [1.807, 2.05) is 0 Å². The van der Waals surface area contributed by atoms with E-state index in [0.29, 0.717) is 23.7 Å². The summed E-state index contributed by atoms with van der Waals surface area (Å²) >= 11 is 0. The second-order valence-electron chi connectivity index (χ2n) is 32.2. The molecule has 0 nitrogen and oxygen atoms in total. The number of aryl methyl sites for hydroxylation is 18. The highest BCUT2D eigenvalue weighted by molar-refractivity contribution is 5.85. The summed E-state index contributed by atoms with van der Waals surface area (Å²) in [7, 11) is 0. The average molecular weight is 1370 g/mol. The molecule has 0 radical (unpaired) electrons. The van der Waals surface area contributed by atoms with Crippen LogP contribution in [0.3, 0.4) is 0 Å². The van der Waals surface area contributed by atoms with Crippen LogP contribution in [0.5, 0.6) is 0 Å². The van der Waals surface area contributed by atoms with Gasteiger partial charge in [-0.05, 0) is 352 Å². The Morgan fingerprint density at radius 1 is 0.154 bits per heavy atom. The Morgan fingerprint density at radius 2 is 0.337 bits per heavy atom. The zero-order valence-corrected chi connectivity index (χ0v) is 68.8. The van der Waals surface area contributed by atoms with Crippen LogP contribution in [-0.2, 0) is 0 Å². The second kappa shape index (κ2) is 33.6. The van der Waals surface area contributed by atoms with E-state index in [1.165, 1.54) is 223 Å². The predicted octanol–water partition coefficient (Wildman–Crippen LogP) is 30.7. The fourth-order valence-corrected chi connectivity index (χ4v) is 15.8. The summed E-state index contributed by atoms with van der Waals surface area (Å²) in [5.74, 6) is 2.02. The van der Waals surface area contributed by atoms with Crippen LogP contribution in [0.2, 0.25) is 0 Å². The first-order valence-corrected chi connectivity index (χ1v) is 38.3. The molecule has 12 aromatic carbocycles. The minimum atomic E-state index is 0.501. The molecule has 0 saturated carbocycles. The second-order valence-corrected chi connectivity index (χ2v) is 32.2. The SMILES string of the molecule is Cc1cc(C)c(-c2cc(-c3c(C)cc(C)cc3C)cc(C(C)C)c2)c(C)c1.Cc1ccc(-c2cc(-c3ccc(C)cc3C)cc(C(C)C)c2)c(C)c1.Cc1ccc(-c2cc(C(C)C)cc(-c3ccc(C)cc3C)c2C)c(C)c1.Cc1ccc(-c2cc(C(C)C)cc(-c3ccc(C)cc3C)c2C)c(C)c1. The van der Waals surface area contributed by atoms with Crippen molar-refractivity contribution in [2.75, 3.05) is 0 Å². The van der Waals surface area contributed by atoms with Gasteiger partial charge >= 0.3 is 0 Å². The molecule has 0 aliphatic heterocycles. The summed E-state index contributed by atoms with van der Waals surface area (Å²) < 4.78 is 0. The third kappa shape index (κ3) is 18.6. The number of benzene rings is 12. The van der Waals surface area contributed by atoms with Crippen molar-refractivity contribution in [3.8, 4) is 89.0 Å². The van der Waals surface area contributed by atoms with Crippen LogP contribution in [0.25, 0.3) is 89.0 Å². The minimum absolute atomic E-state index is 0.501. The van der Waals surface area contributed by atoms with E-state index in [9.17, 15) is 0 Å². The summed E-state index contributed by atoms with van der Waals surface area (Å²) in [4.78, 5) is 0. The normalized spacial score (nSPS) is 11.2. The lowest BCUT2D eigenvalue weighted by atomic mass is 9.85. The molecule has 0 saturated heterocycles. The zero-order chi connectivity index (χ0) is 76.0. The molecular formula is C104H120. The van der Waals surface area contributed by atoms with Crippen LogP contribution >= 0.6 is 0 Å². The van der Waals surface area contributed by atoms with Crippen molar-refractivity contribution in [3.05, 3.63) is 328 Å². The first kappa shape index (κ1) is 78.8. The standard InChI is InChI=1S/C27H32.2C26H30.C25H28/c1-16(2)23-13-24(26-19(5)9-17(3)10-20(26)6)15-25(14-23)27-21(7)11-18(4)12-22(27)8;2*1-16(2)22-14-25(23-10-8-17(3)12-19(23)5)21(7)26(15-22)24-11-9-18(4)13-20(24)6;1-16(2)21-13-22(24-9-7-17(3)11-19(24)5)15-23(14-21)25-10-8-18(4)12-20(25)6/h9-16H,1-8H3;2*8-16H,1-7H3;7-16H,1-6H3. The summed E-state index contributed by atoms with van der Waals surface area (Å²) in [5, 5.41) is 0. The van der Waals surface area contributed by atoms with Crippen molar-refractivity contribution in [1.29, 1.82) is 0 Å². The fourth-order valence-electron chi connectivity index (χ4n) is 15.8. The maximum Gasteiger partial charge on any atom is -0.0125 e. The molecule has 536 valence electrons. The predicted molar refractivity (Wildman–Crippen MR) is 460 cm³/mol. The monoisotopic (exact) mass is 1370 g/mol. The first-order valence-electron chi connectivity index (χ1n) is 38.3. The quantitative estimate of drug-likeness (QED) is 0.114. The Hall–Kier alpha value is -9.36. The lowest BCUT2D eigenvalue weighted by Gasteiger charge is -2.19. The number of hydrogen-bond acceptors (Lipinski definition) is 0. The summed E-state index contributed by atoms with van der Waals surface area (Å²) in [6.45, 7) is 62.3. The van der Waals surface area contributed by atoms with Crippen LogP contribution in [-0.4, -0.2) is 0 Å². The Balaban J connectivity index is 0.000000161. The zero-order valence-electron chi connectivity index (χ0n) is 68.8. The fraction of sp³-hybridized carbons (Fsp3) is 0.308. The highest BCUT2D eigenvalue weighted by atomic mass is 14.2. The molecule has 12 aromatic rings. The van der Waals surface area contributed by atoms with E-state index in [-0.39, 0.29) is 0 Å². The van der Waals surface area contributed by atoms with Gasteiger partial charge in [0, 0.05) is 0 Å². The maximum absolute atomic E-state index is 2.39. The molecule has 0 heterocycles. The molecule has 0 spiro atoms. The Bertz CT molecular complexity index is 4620. The van der Waals surface area contributed by atoms with Gasteiger partial charge < -0.3 is 0 Å². The summed E-state index contributed by atoms with van der Waals surface area (Å²) in [6.07, 6.45) is 0. The molecule has 0 aliphatic carbocycles. The first-order chi connectivity index (χ1) is 49.1. The molecule has 0 amide bonds. The molecule has 0 aromatic heterocycles. The maximum atomic E-state index is 2.39. The molecule has 0 fully saturated rings. The minimum Gasteiger partial charge on any atom is -0.0587 e. The number of hydrogen-bond donors (Lipinski definition) is 0. The molecule has 0 atom stereocenters. The summed E-state index contributed by atoms with van der Waals surface area (Å²) in [6, 6.07) is 73.6. The van der Waals surface area contributed by atoms with Gasteiger partial charge in [0.2, 0.25) is 0 Å². The van der Waals surface area contributed by atoms with Crippen LogP contribution in [0.15, 0.2) is 194 Å². The highest BCUT2D eigenvalue weighted by Gasteiger charge is 2.20. The molecule has 0 heteroatoms. The van der Waals surface area contributed by atoms with E-state index in [4.69, 9.17) is 0 Å². The lowest BCUT2D eigenvalue weighted by molar-refractivity contribution is 0.867. The van der Waals surface area contributed by atoms with Gasteiger partial charge in [-0.3, -0.25) is 0 Å². The van der Waals surface area contributed by atoms with Crippen molar-refractivity contribution in [2.45, 2.75) is 218 Å². The van der Waals surface area contributed by atoms with Crippen LogP contribution in [0, 0.1) is 138 Å². The third-order valence-electron chi connectivity index (χ3n) is 21.4. The van der Waals surface area contributed by atoms with E-state index in [2.05, 4.69) is 388 Å². The van der Waals surface area contributed by atoms with Gasteiger partial charge in [-0.1, -0.05) is 282 Å². The smallest absolute Gasteiger partial charge is 0.0125 e. The molecule has 0 N–H and O–H groups in total. The van der Waals surface area contributed by atoms with Crippen molar-refractivity contribution in [1.82, 2.24) is 0 Å². The van der Waals surface area contributed by atoms with Gasteiger partial charge in [-0.15, -0.1) is 0 Å². The van der Waals surface area contributed by atoms with Gasteiger partial charge in [-0.25, -0.2) is 0 Å². The summed E-state index contributed by atoms with van der Waals surface area (Å²) in [5.41, 5.74) is 54.0. The largest absolute Gasteiger partial charge is 0.0587 e. The van der Waals surface area contributed by atoms with Gasteiger partial charge in [0.15, 0.2) is 0 Å². The van der Waals surface area contributed by atoms with Crippen molar-refractivity contribution >= 4 is 0 Å². The topological polar surface area (TPSA) is 0 Å². The van der Waals surface area contributed by atoms with Crippen LogP contribution < -0.4 is 0 Å². The Morgan fingerprint density at radius 3 is 0.548 bits per heavy atom.